The topological polar surface area (TPSA) is 97.6 Å². The predicted octanol–water partition coefficient (Wildman–Crippen LogP) is 3.04. The molecule has 3 heterocycles. The minimum absolute atomic E-state index is 0.193. The average Bonchev–Trinajstić information content (AvgIpc) is 2.92. The number of benzene rings is 2. The lowest BCUT2D eigenvalue weighted by Gasteiger charge is -2.34. The number of carbonyl (C=O) groups is 2. The van der Waals surface area contributed by atoms with E-state index in [0.29, 0.717) is 46.3 Å². The standard InChI is InChI=1S/C26H22ClN5O4/c1-36-21-11-5-4-10-20(21)32-23-19(9-6-12-28-23)29-22(26(32)35)25(34)31-15-13-30(14-16-31)24(33)17-7-2-3-8-18(17)27/h2-12H,13-16H2,1H3. The van der Waals surface area contributed by atoms with Crippen LogP contribution in [0.4, 0.5) is 0 Å². The van der Waals surface area contributed by atoms with Crippen molar-refractivity contribution in [1.82, 2.24) is 24.3 Å². The number of piperazine rings is 1. The molecular formula is C26H22ClN5O4. The number of fused-ring (bicyclic) bond motifs is 1. The van der Waals surface area contributed by atoms with Crippen molar-refractivity contribution in [3.63, 3.8) is 0 Å². The van der Waals surface area contributed by atoms with E-state index in [1.807, 2.05) is 0 Å². The number of halogens is 1. The van der Waals surface area contributed by atoms with Crippen LogP contribution < -0.4 is 10.3 Å². The third kappa shape index (κ3) is 4.18. The maximum Gasteiger partial charge on any atom is 0.288 e. The molecule has 0 N–H and O–H groups in total. The number of nitrogens with zero attached hydrogens (tertiary/aromatic N) is 5. The summed E-state index contributed by atoms with van der Waals surface area (Å²) in [7, 11) is 1.51. The lowest BCUT2D eigenvalue weighted by Crippen LogP contribution is -2.51. The molecule has 2 aromatic heterocycles. The van der Waals surface area contributed by atoms with Gasteiger partial charge >= 0.3 is 0 Å². The van der Waals surface area contributed by atoms with Crippen LogP contribution in [0.25, 0.3) is 16.9 Å². The van der Waals surface area contributed by atoms with Crippen molar-refractivity contribution in [3.8, 4) is 11.4 Å². The van der Waals surface area contributed by atoms with Gasteiger partial charge in [-0.2, -0.15) is 0 Å². The van der Waals surface area contributed by atoms with Crippen LogP contribution in [0.5, 0.6) is 5.75 Å². The van der Waals surface area contributed by atoms with Gasteiger partial charge in [0, 0.05) is 32.4 Å². The number of methoxy groups -OCH3 is 1. The van der Waals surface area contributed by atoms with E-state index in [2.05, 4.69) is 9.97 Å². The van der Waals surface area contributed by atoms with Crippen molar-refractivity contribution in [3.05, 3.63) is 93.5 Å². The third-order valence-corrected chi connectivity index (χ3v) is 6.43. The molecule has 1 fully saturated rings. The molecule has 0 atom stereocenters. The number of pyridine rings is 1. The molecule has 1 aliphatic rings. The fraction of sp³-hybridized carbons (Fsp3) is 0.192. The van der Waals surface area contributed by atoms with Gasteiger partial charge in [0.25, 0.3) is 17.4 Å². The van der Waals surface area contributed by atoms with Crippen LogP contribution in [0.1, 0.15) is 20.8 Å². The van der Waals surface area contributed by atoms with E-state index < -0.39 is 11.5 Å². The first-order valence-electron chi connectivity index (χ1n) is 11.3. The van der Waals surface area contributed by atoms with E-state index in [0.717, 1.165) is 0 Å². The molecule has 5 rings (SSSR count). The van der Waals surface area contributed by atoms with Crippen LogP contribution in [-0.4, -0.2) is 69.4 Å². The average molecular weight is 504 g/mol. The van der Waals surface area contributed by atoms with Gasteiger partial charge in [-0.15, -0.1) is 0 Å². The molecule has 36 heavy (non-hydrogen) atoms. The molecule has 0 spiro atoms. The van der Waals surface area contributed by atoms with Gasteiger partial charge in [0.1, 0.15) is 11.3 Å². The quantitative estimate of drug-likeness (QED) is 0.424. The van der Waals surface area contributed by atoms with Gasteiger partial charge in [0.15, 0.2) is 11.3 Å². The second-order valence-electron chi connectivity index (χ2n) is 8.18. The lowest BCUT2D eigenvalue weighted by molar-refractivity contribution is 0.0531. The summed E-state index contributed by atoms with van der Waals surface area (Å²) in [5.41, 5.74) is 0.790. The first-order chi connectivity index (χ1) is 17.5. The van der Waals surface area contributed by atoms with Crippen molar-refractivity contribution >= 4 is 34.6 Å². The van der Waals surface area contributed by atoms with E-state index in [9.17, 15) is 14.4 Å². The third-order valence-electron chi connectivity index (χ3n) is 6.10. The largest absolute Gasteiger partial charge is 0.495 e. The molecule has 4 aromatic rings. The van der Waals surface area contributed by atoms with Gasteiger partial charge < -0.3 is 14.5 Å². The molecule has 0 unspecified atom stereocenters. The van der Waals surface area contributed by atoms with Crippen LogP contribution in [-0.2, 0) is 0 Å². The number of amides is 2. The second-order valence-corrected chi connectivity index (χ2v) is 8.59. The summed E-state index contributed by atoms with van der Waals surface area (Å²) < 4.78 is 6.80. The summed E-state index contributed by atoms with van der Waals surface area (Å²) in [6.45, 7) is 1.14. The Balaban J connectivity index is 1.46. The fourth-order valence-electron chi connectivity index (χ4n) is 4.26. The first kappa shape index (κ1) is 23.5. The van der Waals surface area contributed by atoms with Gasteiger partial charge in [-0.1, -0.05) is 35.9 Å². The Hall–Kier alpha value is -4.24. The molecule has 0 aliphatic carbocycles. The maximum absolute atomic E-state index is 13.6. The van der Waals surface area contributed by atoms with Crippen molar-refractivity contribution in [1.29, 1.82) is 0 Å². The normalized spacial score (nSPS) is 13.6. The fourth-order valence-corrected chi connectivity index (χ4v) is 4.48. The number of aromatic nitrogens is 3. The Labute approximate surface area is 211 Å². The monoisotopic (exact) mass is 503 g/mol. The van der Waals surface area contributed by atoms with E-state index in [-0.39, 0.29) is 24.7 Å². The number of hydrogen-bond donors (Lipinski definition) is 0. The van der Waals surface area contributed by atoms with Gasteiger partial charge in [-0.05, 0) is 36.4 Å². The van der Waals surface area contributed by atoms with Crippen LogP contribution >= 0.6 is 11.6 Å². The molecule has 2 amide bonds. The number of rotatable bonds is 4. The van der Waals surface area contributed by atoms with Crippen molar-refractivity contribution in [2.24, 2.45) is 0 Å². The van der Waals surface area contributed by atoms with Crippen molar-refractivity contribution < 1.29 is 14.3 Å². The molecule has 2 aromatic carbocycles. The molecule has 9 nitrogen and oxygen atoms in total. The van der Waals surface area contributed by atoms with Gasteiger partial charge in [-0.25, -0.2) is 9.97 Å². The highest BCUT2D eigenvalue weighted by molar-refractivity contribution is 6.33. The van der Waals surface area contributed by atoms with Crippen molar-refractivity contribution in [2.45, 2.75) is 0 Å². The van der Waals surface area contributed by atoms with E-state index in [1.165, 1.54) is 16.6 Å². The van der Waals surface area contributed by atoms with Crippen LogP contribution in [0, 0.1) is 0 Å². The Morgan fingerprint density at radius 2 is 1.56 bits per heavy atom. The van der Waals surface area contributed by atoms with Crippen LogP contribution in [0.3, 0.4) is 0 Å². The minimum Gasteiger partial charge on any atom is -0.495 e. The molecule has 0 radical (unpaired) electrons. The molecule has 1 aliphatic heterocycles. The summed E-state index contributed by atoms with van der Waals surface area (Å²) in [6.07, 6.45) is 1.56. The van der Waals surface area contributed by atoms with Crippen LogP contribution in [0.2, 0.25) is 5.02 Å². The highest BCUT2D eigenvalue weighted by Crippen LogP contribution is 2.24. The zero-order valence-electron chi connectivity index (χ0n) is 19.4. The Morgan fingerprint density at radius 3 is 2.28 bits per heavy atom. The highest BCUT2D eigenvalue weighted by atomic mass is 35.5. The number of para-hydroxylation sites is 2. The van der Waals surface area contributed by atoms with Gasteiger partial charge in [-0.3, -0.25) is 19.0 Å². The second kappa shape index (κ2) is 9.79. The number of ether oxygens (including phenoxy) is 1. The maximum atomic E-state index is 13.6. The minimum atomic E-state index is -0.592. The van der Waals surface area contributed by atoms with Crippen molar-refractivity contribution in [2.75, 3.05) is 33.3 Å². The van der Waals surface area contributed by atoms with Gasteiger partial charge in [0.2, 0.25) is 0 Å². The summed E-state index contributed by atoms with van der Waals surface area (Å²) in [6, 6.07) is 17.3. The smallest absolute Gasteiger partial charge is 0.288 e. The van der Waals surface area contributed by atoms with E-state index >= 15 is 0 Å². The predicted molar refractivity (Wildman–Crippen MR) is 135 cm³/mol. The summed E-state index contributed by atoms with van der Waals surface area (Å²) in [5.74, 6) is -0.233. The highest BCUT2D eigenvalue weighted by Gasteiger charge is 2.29. The Kier molecular flexibility index (Phi) is 6.39. The first-order valence-corrected chi connectivity index (χ1v) is 11.7. The summed E-state index contributed by atoms with van der Waals surface area (Å²) in [5, 5.41) is 0.381. The SMILES string of the molecule is COc1ccccc1-n1c(=O)c(C(=O)N2CCN(C(=O)c3ccccc3Cl)CC2)nc2cccnc21. The zero-order chi connectivity index (χ0) is 25.2. The van der Waals surface area contributed by atoms with Gasteiger partial charge in [0.05, 0.1) is 23.4 Å². The molecular weight excluding hydrogens is 482 g/mol. The van der Waals surface area contributed by atoms with E-state index in [1.54, 1.807) is 71.8 Å². The molecule has 0 saturated carbocycles. The zero-order valence-corrected chi connectivity index (χ0v) is 20.2. The Morgan fingerprint density at radius 1 is 0.889 bits per heavy atom. The number of hydrogen-bond acceptors (Lipinski definition) is 6. The summed E-state index contributed by atoms with van der Waals surface area (Å²) in [4.78, 5) is 51.9. The molecule has 10 heteroatoms. The molecule has 182 valence electrons. The number of carbonyl (C=O) groups excluding carboxylic acids is 2. The molecule has 0 bridgehead atoms. The van der Waals surface area contributed by atoms with Crippen LogP contribution in [0.15, 0.2) is 71.7 Å². The molecule has 1 saturated heterocycles. The lowest BCUT2D eigenvalue weighted by atomic mass is 10.1. The van der Waals surface area contributed by atoms with E-state index in [4.69, 9.17) is 16.3 Å². The summed E-state index contributed by atoms with van der Waals surface area (Å²) >= 11 is 6.18. The Bertz CT molecular complexity index is 1530.